The van der Waals surface area contributed by atoms with E-state index in [1.165, 1.54) is 19.3 Å². The molecule has 0 aromatic carbocycles. The Hall–Kier alpha value is 0.440. The number of unbranched alkanes of at least 4 members (excludes halogenated alkanes) is 5. The molecule has 1 N–H and O–H groups in total. The molecule has 0 aliphatic carbocycles. The molecule has 17 heavy (non-hydrogen) atoms. The summed E-state index contributed by atoms with van der Waals surface area (Å²) >= 11 is 5.13. The zero-order valence-corrected chi connectivity index (χ0v) is 12.8. The van der Waals surface area contributed by atoms with Gasteiger partial charge in [-0.25, -0.2) is 0 Å². The van der Waals surface area contributed by atoms with Crippen LogP contribution in [0.25, 0.3) is 0 Å². The van der Waals surface area contributed by atoms with E-state index in [1.54, 1.807) is 0 Å². The molecule has 0 fully saturated rings. The molecule has 0 amide bonds. The average molecular weight is 305 g/mol. The molecule has 6 heteroatoms. The molecule has 1 atom stereocenters. The van der Waals surface area contributed by atoms with E-state index in [-0.39, 0.29) is 25.0 Å². The summed E-state index contributed by atoms with van der Waals surface area (Å²) in [5.41, 5.74) is 0. The zero-order chi connectivity index (χ0) is 12.4. The summed E-state index contributed by atoms with van der Waals surface area (Å²) in [4.78, 5) is 20.0. The van der Waals surface area contributed by atoms with E-state index in [2.05, 4.69) is 6.92 Å². The molecule has 104 valence electrons. The van der Waals surface area contributed by atoms with Crippen LogP contribution < -0.4 is 0 Å². The molecular formula is C11H23Cl2O3P. The summed E-state index contributed by atoms with van der Waals surface area (Å²) < 4.78 is 11.6. The first-order valence-electron chi connectivity index (χ1n) is 5.97. The van der Waals surface area contributed by atoms with E-state index in [1.807, 2.05) is 0 Å². The molecule has 0 heterocycles. The molecule has 0 spiro atoms. The highest BCUT2D eigenvalue weighted by molar-refractivity contribution is 7.58. The third kappa shape index (κ3) is 14.4. The van der Waals surface area contributed by atoms with Crippen LogP contribution in [0.3, 0.4) is 0 Å². The fraction of sp³-hybridized carbons (Fsp3) is 0.909. The Morgan fingerprint density at radius 3 is 2.18 bits per heavy atom. The van der Waals surface area contributed by atoms with Crippen molar-refractivity contribution in [3.05, 3.63) is 0 Å². The summed E-state index contributed by atoms with van der Waals surface area (Å²) in [6.07, 6.45) is 6.90. The number of hydrogen-bond donors (Lipinski definition) is 1. The topological polar surface area (TPSA) is 54.4 Å². The van der Waals surface area contributed by atoms with Gasteiger partial charge in [0.05, 0.1) is 0 Å². The number of carbonyl (C=O) groups is 1. The van der Waals surface area contributed by atoms with Gasteiger partial charge in [0.25, 0.3) is 0 Å². The average Bonchev–Trinajstić information content (AvgIpc) is 2.21. The van der Waals surface area contributed by atoms with E-state index < -0.39 is 12.6 Å². The van der Waals surface area contributed by atoms with Crippen LogP contribution in [0.2, 0.25) is 0 Å². The van der Waals surface area contributed by atoms with E-state index >= 15 is 0 Å². The van der Waals surface area contributed by atoms with Crippen molar-refractivity contribution < 1.29 is 14.3 Å². The van der Waals surface area contributed by atoms with Crippen LogP contribution in [0.1, 0.15) is 51.9 Å². The van der Waals surface area contributed by atoms with E-state index in [4.69, 9.17) is 11.6 Å². The first-order valence-corrected chi connectivity index (χ1v) is 8.38. The van der Waals surface area contributed by atoms with Crippen molar-refractivity contribution in [2.75, 3.05) is 12.3 Å². The number of hydrogen-bond acceptors (Lipinski definition) is 2. The van der Waals surface area contributed by atoms with Crippen LogP contribution in [0.4, 0.5) is 0 Å². The molecule has 3 nitrogen and oxygen atoms in total. The van der Waals surface area contributed by atoms with Crippen LogP contribution in [-0.2, 0) is 9.36 Å². The smallest absolute Gasteiger partial charge is 0.222 e. The Morgan fingerprint density at radius 1 is 1.12 bits per heavy atom. The molecule has 0 aromatic heterocycles. The lowest BCUT2D eigenvalue weighted by Crippen LogP contribution is -1.98. The van der Waals surface area contributed by atoms with Gasteiger partial charge >= 0.3 is 0 Å². The third-order valence-corrected chi connectivity index (χ3v) is 4.65. The maximum Gasteiger partial charge on any atom is 0.222 e. The van der Waals surface area contributed by atoms with Gasteiger partial charge in [-0.3, -0.25) is 9.36 Å². The minimum atomic E-state index is -3.11. The lowest BCUT2D eigenvalue weighted by Gasteiger charge is -2.09. The van der Waals surface area contributed by atoms with Crippen LogP contribution >= 0.6 is 31.4 Å². The molecule has 0 radical (unpaired) electrons. The molecule has 0 aliphatic rings. The fourth-order valence-corrected chi connectivity index (χ4v) is 3.23. The molecule has 0 aromatic rings. The van der Waals surface area contributed by atoms with Crippen molar-refractivity contribution >= 4 is 36.6 Å². The fourth-order valence-electron chi connectivity index (χ4n) is 1.51. The van der Waals surface area contributed by atoms with Crippen molar-refractivity contribution in [3.8, 4) is 0 Å². The SMILES string of the molecule is CCCCCCCCP(=O)(O)CCC(=O)Cl.Cl. The number of carbonyl (C=O) groups excluding carboxylic acids is 1. The predicted octanol–water partition coefficient (Wildman–Crippen LogP) is 4.19. The van der Waals surface area contributed by atoms with Gasteiger partial charge < -0.3 is 4.89 Å². The maximum absolute atomic E-state index is 11.6. The Bertz CT molecular complexity index is 247. The molecule has 0 saturated heterocycles. The lowest BCUT2D eigenvalue weighted by molar-refractivity contribution is -0.111. The first-order chi connectivity index (χ1) is 7.48. The minimum Gasteiger partial charge on any atom is -0.344 e. The molecule has 1 unspecified atom stereocenters. The van der Waals surface area contributed by atoms with Crippen LogP contribution in [0, 0.1) is 0 Å². The van der Waals surface area contributed by atoms with E-state index in [9.17, 15) is 14.3 Å². The largest absolute Gasteiger partial charge is 0.344 e. The minimum absolute atomic E-state index is 0. The lowest BCUT2D eigenvalue weighted by atomic mass is 10.1. The van der Waals surface area contributed by atoms with Crippen molar-refractivity contribution in [1.82, 2.24) is 0 Å². The highest BCUT2D eigenvalue weighted by atomic mass is 35.5. The highest BCUT2D eigenvalue weighted by Gasteiger charge is 2.18. The Morgan fingerprint density at radius 2 is 1.65 bits per heavy atom. The zero-order valence-electron chi connectivity index (χ0n) is 10.4. The summed E-state index contributed by atoms with van der Waals surface area (Å²) in [6, 6.07) is 0. The van der Waals surface area contributed by atoms with Crippen molar-refractivity contribution in [1.29, 1.82) is 0 Å². The van der Waals surface area contributed by atoms with Gasteiger partial charge in [0.1, 0.15) is 0 Å². The number of rotatable bonds is 10. The standard InChI is InChI=1S/C11H22ClO3P.ClH/c1-2-3-4-5-6-7-9-16(14,15)10-8-11(12)13;/h2-10H2,1H3,(H,14,15);1H. The highest BCUT2D eigenvalue weighted by Crippen LogP contribution is 2.42. The summed E-state index contributed by atoms with van der Waals surface area (Å²) in [6.45, 7) is 2.16. The monoisotopic (exact) mass is 304 g/mol. The molecular weight excluding hydrogens is 282 g/mol. The van der Waals surface area contributed by atoms with E-state index in [0.29, 0.717) is 6.16 Å². The second-order valence-electron chi connectivity index (χ2n) is 4.17. The number of halogens is 2. The second kappa shape index (κ2) is 11.5. The van der Waals surface area contributed by atoms with Crippen molar-refractivity contribution in [2.24, 2.45) is 0 Å². The summed E-state index contributed by atoms with van der Waals surface area (Å²) in [7, 11) is -3.11. The van der Waals surface area contributed by atoms with Gasteiger partial charge in [0, 0.05) is 18.7 Å². The van der Waals surface area contributed by atoms with E-state index in [0.717, 1.165) is 19.3 Å². The molecule has 0 aliphatic heterocycles. The van der Waals surface area contributed by atoms with Crippen LogP contribution in [-0.4, -0.2) is 22.5 Å². The normalized spacial score (nSPS) is 13.8. The Kier molecular flexibility index (Phi) is 13.4. The quantitative estimate of drug-likeness (QED) is 0.374. The van der Waals surface area contributed by atoms with Gasteiger partial charge in [-0.2, -0.15) is 0 Å². The Labute approximate surface area is 115 Å². The maximum atomic E-state index is 11.6. The van der Waals surface area contributed by atoms with Gasteiger partial charge in [-0.05, 0) is 18.0 Å². The first kappa shape index (κ1) is 19.8. The summed E-state index contributed by atoms with van der Waals surface area (Å²) in [5.74, 6) is 0. The second-order valence-corrected chi connectivity index (χ2v) is 7.17. The third-order valence-electron chi connectivity index (χ3n) is 2.52. The van der Waals surface area contributed by atoms with Gasteiger partial charge in [0.2, 0.25) is 12.6 Å². The van der Waals surface area contributed by atoms with Crippen LogP contribution in [0.5, 0.6) is 0 Å². The van der Waals surface area contributed by atoms with Crippen LogP contribution in [0.15, 0.2) is 0 Å². The van der Waals surface area contributed by atoms with Gasteiger partial charge in [-0.15, -0.1) is 12.4 Å². The molecule has 0 bridgehead atoms. The van der Waals surface area contributed by atoms with Gasteiger partial charge in [-0.1, -0.05) is 39.0 Å². The predicted molar refractivity (Wildman–Crippen MR) is 75.7 cm³/mol. The Balaban J connectivity index is 0. The summed E-state index contributed by atoms with van der Waals surface area (Å²) in [5, 5.41) is -0.530. The van der Waals surface area contributed by atoms with Gasteiger partial charge in [0.15, 0.2) is 0 Å². The van der Waals surface area contributed by atoms with Crippen molar-refractivity contribution in [2.45, 2.75) is 51.9 Å². The molecule has 0 saturated carbocycles. The van der Waals surface area contributed by atoms with Crippen molar-refractivity contribution in [3.63, 3.8) is 0 Å². The molecule has 0 rings (SSSR count).